The van der Waals surface area contributed by atoms with E-state index in [1.54, 1.807) is 0 Å². The molecule has 1 unspecified atom stereocenters. The van der Waals surface area contributed by atoms with E-state index in [4.69, 9.17) is 4.74 Å². The van der Waals surface area contributed by atoms with Crippen LogP contribution >= 0.6 is 0 Å². The van der Waals surface area contributed by atoms with Crippen LogP contribution in [0, 0.1) is 5.92 Å². The van der Waals surface area contributed by atoms with Crippen molar-refractivity contribution >= 4 is 16.0 Å². The van der Waals surface area contributed by atoms with E-state index in [0.717, 1.165) is 25.9 Å². The summed E-state index contributed by atoms with van der Waals surface area (Å²) in [5.74, 6) is 0.0677. The fourth-order valence-electron chi connectivity index (χ4n) is 2.57. The molecule has 128 valence electrons. The summed E-state index contributed by atoms with van der Waals surface area (Å²) in [4.78, 5) is 11.5. The van der Waals surface area contributed by atoms with Crippen LogP contribution in [0.1, 0.15) is 23.2 Å². The van der Waals surface area contributed by atoms with Gasteiger partial charge in [0.25, 0.3) is 0 Å². The Kier molecular flexibility index (Phi) is 5.97. The number of sulfonamides is 1. The van der Waals surface area contributed by atoms with Crippen LogP contribution in [0.4, 0.5) is 0 Å². The van der Waals surface area contributed by atoms with Gasteiger partial charge >= 0.3 is 5.97 Å². The van der Waals surface area contributed by atoms with Gasteiger partial charge in [-0.05, 0) is 50.0 Å². The van der Waals surface area contributed by atoms with Crippen molar-refractivity contribution in [1.82, 2.24) is 10.0 Å². The van der Waals surface area contributed by atoms with Gasteiger partial charge in [0.2, 0.25) is 10.0 Å². The van der Waals surface area contributed by atoms with Crippen molar-refractivity contribution in [3.63, 3.8) is 0 Å². The number of carbonyl (C=O) groups is 1. The minimum Gasteiger partial charge on any atom is -0.495 e. The van der Waals surface area contributed by atoms with E-state index in [9.17, 15) is 13.2 Å². The molecule has 8 heteroatoms. The first-order valence-corrected chi connectivity index (χ1v) is 8.93. The molecule has 0 aliphatic carbocycles. The number of benzene rings is 1. The summed E-state index contributed by atoms with van der Waals surface area (Å²) in [6.45, 7) is 2.29. The van der Waals surface area contributed by atoms with Gasteiger partial charge in [0.1, 0.15) is 10.6 Å². The molecule has 1 fully saturated rings. The normalized spacial score (nSPS) is 17.9. The molecule has 1 aromatic rings. The summed E-state index contributed by atoms with van der Waals surface area (Å²) >= 11 is 0. The maximum atomic E-state index is 12.4. The van der Waals surface area contributed by atoms with Crippen molar-refractivity contribution < 1.29 is 22.7 Å². The summed E-state index contributed by atoms with van der Waals surface area (Å²) in [5.41, 5.74) is 0.236. The smallest absolute Gasteiger partial charge is 0.337 e. The maximum Gasteiger partial charge on any atom is 0.337 e. The quantitative estimate of drug-likeness (QED) is 0.711. The van der Waals surface area contributed by atoms with E-state index < -0.39 is 16.0 Å². The van der Waals surface area contributed by atoms with Gasteiger partial charge in [0.15, 0.2) is 0 Å². The molecule has 1 aliphatic heterocycles. The van der Waals surface area contributed by atoms with Crippen LogP contribution in [0.5, 0.6) is 5.75 Å². The largest absolute Gasteiger partial charge is 0.495 e. The average molecular weight is 342 g/mol. The highest BCUT2D eigenvalue weighted by molar-refractivity contribution is 7.89. The second-order valence-electron chi connectivity index (χ2n) is 5.40. The Morgan fingerprint density at radius 2 is 2.17 bits per heavy atom. The molecule has 23 heavy (non-hydrogen) atoms. The summed E-state index contributed by atoms with van der Waals surface area (Å²) in [6, 6.07) is 4.12. The fourth-order valence-corrected chi connectivity index (χ4v) is 3.77. The Morgan fingerprint density at radius 3 is 2.78 bits per heavy atom. The standard InChI is InChI=1S/C15H22N2O5S/c1-21-13-9-12(15(18)22-2)3-4-14(13)23(19,20)17-8-6-11-5-7-16-10-11/h3-4,9,11,16-17H,5-8,10H2,1-2H3. The molecule has 0 amide bonds. The van der Waals surface area contributed by atoms with Crippen molar-refractivity contribution in [1.29, 1.82) is 0 Å². The highest BCUT2D eigenvalue weighted by atomic mass is 32.2. The van der Waals surface area contributed by atoms with Crippen molar-refractivity contribution in [3.05, 3.63) is 23.8 Å². The number of rotatable bonds is 7. The highest BCUT2D eigenvalue weighted by Crippen LogP contribution is 2.25. The number of hydrogen-bond donors (Lipinski definition) is 2. The van der Waals surface area contributed by atoms with Crippen molar-refractivity contribution in [2.75, 3.05) is 33.9 Å². The Balaban J connectivity index is 2.09. The molecule has 1 aromatic carbocycles. The van der Waals surface area contributed by atoms with Gasteiger partial charge in [-0.1, -0.05) is 0 Å². The maximum absolute atomic E-state index is 12.4. The second kappa shape index (κ2) is 7.76. The molecule has 1 atom stereocenters. The third kappa shape index (κ3) is 4.43. The molecule has 1 heterocycles. The Morgan fingerprint density at radius 1 is 1.39 bits per heavy atom. The molecule has 7 nitrogen and oxygen atoms in total. The zero-order valence-corrected chi connectivity index (χ0v) is 14.1. The SMILES string of the molecule is COC(=O)c1ccc(S(=O)(=O)NCCC2CCNC2)c(OC)c1. The third-order valence-corrected chi connectivity index (χ3v) is 5.38. The third-order valence-electron chi connectivity index (χ3n) is 3.88. The van der Waals surface area contributed by atoms with E-state index >= 15 is 0 Å². The first-order chi connectivity index (χ1) is 11.0. The van der Waals surface area contributed by atoms with E-state index in [-0.39, 0.29) is 16.2 Å². The van der Waals surface area contributed by atoms with Crippen LogP contribution in [-0.2, 0) is 14.8 Å². The van der Waals surface area contributed by atoms with Crippen molar-refractivity contribution in [3.8, 4) is 5.75 Å². The molecule has 0 spiro atoms. The van der Waals surface area contributed by atoms with Crippen molar-refractivity contribution in [2.45, 2.75) is 17.7 Å². The number of methoxy groups -OCH3 is 2. The lowest BCUT2D eigenvalue weighted by Gasteiger charge is -2.13. The Labute approximate surface area is 136 Å². The van der Waals surface area contributed by atoms with Gasteiger partial charge in [-0.2, -0.15) is 0 Å². The molecule has 0 saturated carbocycles. The van der Waals surface area contributed by atoms with Crippen LogP contribution in [0.2, 0.25) is 0 Å². The topological polar surface area (TPSA) is 93.7 Å². The lowest BCUT2D eigenvalue weighted by atomic mass is 10.1. The van der Waals surface area contributed by atoms with Gasteiger partial charge in [-0.25, -0.2) is 17.9 Å². The minimum atomic E-state index is -3.69. The zero-order valence-electron chi connectivity index (χ0n) is 13.3. The number of hydrogen-bond acceptors (Lipinski definition) is 6. The molecule has 2 N–H and O–H groups in total. The molecule has 0 aromatic heterocycles. The predicted molar refractivity (Wildman–Crippen MR) is 85.1 cm³/mol. The van der Waals surface area contributed by atoms with Crippen LogP contribution in [0.15, 0.2) is 23.1 Å². The van der Waals surface area contributed by atoms with Gasteiger partial charge in [-0.15, -0.1) is 0 Å². The molecule has 0 radical (unpaired) electrons. The molecule has 0 bridgehead atoms. The van der Waals surface area contributed by atoms with Crippen LogP contribution in [0.25, 0.3) is 0 Å². The fraction of sp³-hybridized carbons (Fsp3) is 0.533. The molecule has 1 saturated heterocycles. The molecule has 1 aliphatic rings. The monoisotopic (exact) mass is 342 g/mol. The van der Waals surface area contributed by atoms with Crippen LogP contribution in [0.3, 0.4) is 0 Å². The van der Waals surface area contributed by atoms with Crippen molar-refractivity contribution in [2.24, 2.45) is 5.92 Å². The summed E-state index contributed by atoms with van der Waals surface area (Å²) in [7, 11) is -1.07. The number of carbonyl (C=O) groups excluding carboxylic acids is 1. The Hall–Kier alpha value is -1.64. The number of nitrogens with one attached hydrogen (secondary N) is 2. The number of ether oxygens (including phenoxy) is 2. The van der Waals surface area contributed by atoms with E-state index in [0.29, 0.717) is 12.5 Å². The number of esters is 1. The van der Waals surface area contributed by atoms with E-state index in [1.165, 1.54) is 32.4 Å². The highest BCUT2D eigenvalue weighted by Gasteiger charge is 2.22. The molecular weight excluding hydrogens is 320 g/mol. The van der Waals surface area contributed by atoms with Gasteiger partial charge in [0, 0.05) is 6.54 Å². The summed E-state index contributed by atoms with van der Waals surface area (Å²) in [5, 5.41) is 3.25. The second-order valence-corrected chi connectivity index (χ2v) is 7.14. The van der Waals surface area contributed by atoms with E-state index in [1.807, 2.05) is 0 Å². The summed E-state index contributed by atoms with van der Waals surface area (Å²) < 4.78 is 37.1. The lowest BCUT2D eigenvalue weighted by Crippen LogP contribution is -2.27. The van der Waals surface area contributed by atoms with Gasteiger partial charge in [-0.3, -0.25) is 0 Å². The van der Waals surface area contributed by atoms with Gasteiger partial charge in [0.05, 0.1) is 19.8 Å². The van der Waals surface area contributed by atoms with Gasteiger partial charge < -0.3 is 14.8 Å². The molecule has 2 rings (SSSR count). The summed E-state index contributed by atoms with van der Waals surface area (Å²) in [6.07, 6.45) is 1.85. The van der Waals surface area contributed by atoms with Crippen LogP contribution < -0.4 is 14.8 Å². The van der Waals surface area contributed by atoms with Crippen LogP contribution in [-0.4, -0.2) is 48.2 Å². The van der Waals surface area contributed by atoms with E-state index in [2.05, 4.69) is 14.8 Å². The lowest BCUT2D eigenvalue weighted by molar-refractivity contribution is 0.0600. The first kappa shape index (κ1) is 17.7. The minimum absolute atomic E-state index is 0.0113. The zero-order chi connectivity index (χ0) is 16.9. The average Bonchev–Trinajstić information content (AvgIpc) is 3.06. The first-order valence-electron chi connectivity index (χ1n) is 7.44. The predicted octanol–water partition coefficient (Wildman–Crippen LogP) is 0.760. The molecular formula is C15H22N2O5S. The Bertz CT molecular complexity index is 654.